The Kier molecular flexibility index (Phi) is 3.72. The van der Waals surface area contributed by atoms with Crippen LogP contribution in [-0.2, 0) is 22.6 Å². The molecule has 10 heteroatoms. The highest BCUT2D eigenvalue weighted by Crippen LogP contribution is 2.54. The molecule has 0 amide bonds. The molecule has 2 bridgehead atoms. The largest absolute Gasteiger partial charge is 0.416 e. The molecule has 0 fully saturated rings. The summed E-state index contributed by atoms with van der Waals surface area (Å²) in [5, 5.41) is 6.84. The van der Waals surface area contributed by atoms with Crippen LogP contribution in [0.1, 0.15) is 40.0 Å². The van der Waals surface area contributed by atoms with Gasteiger partial charge in [-0.1, -0.05) is 12.1 Å². The lowest BCUT2D eigenvalue weighted by atomic mass is 10.00. The normalized spacial score (nSPS) is 21.1. The molecule has 2 unspecified atom stereocenters. The molecule has 5 nitrogen and oxygen atoms in total. The van der Waals surface area contributed by atoms with Gasteiger partial charge in [-0.2, -0.15) is 22.6 Å². The number of aromatic nitrogens is 2. The second-order valence-electron chi connectivity index (χ2n) is 7.01. The highest BCUT2D eigenvalue weighted by molar-refractivity contribution is 7.89. The molecule has 2 atom stereocenters. The molecule has 2 aliphatic heterocycles. The number of fused-ring (bicyclic) bond motifs is 7. The first-order valence-corrected chi connectivity index (χ1v) is 10.2. The van der Waals surface area contributed by atoms with Crippen LogP contribution in [0.2, 0.25) is 0 Å². The van der Waals surface area contributed by atoms with E-state index in [1.165, 1.54) is 22.6 Å². The van der Waals surface area contributed by atoms with Gasteiger partial charge >= 0.3 is 6.18 Å². The first kappa shape index (κ1) is 18.3. The second kappa shape index (κ2) is 5.90. The van der Waals surface area contributed by atoms with Gasteiger partial charge in [0.05, 0.1) is 28.2 Å². The van der Waals surface area contributed by atoms with Crippen LogP contribution in [-0.4, -0.2) is 22.9 Å². The fraction of sp³-hybridized carbons (Fsp3) is 0.211. The highest BCUT2D eigenvalue weighted by atomic mass is 32.2. The van der Waals surface area contributed by atoms with Crippen LogP contribution in [0.3, 0.4) is 0 Å². The van der Waals surface area contributed by atoms with Gasteiger partial charge in [-0.05, 0) is 35.9 Å². The Morgan fingerprint density at radius 3 is 2.48 bits per heavy atom. The van der Waals surface area contributed by atoms with Crippen LogP contribution in [0.15, 0.2) is 53.6 Å². The van der Waals surface area contributed by atoms with E-state index in [2.05, 4.69) is 10.2 Å². The molecule has 0 aliphatic carbocycles. The molecular weight excluding hydrogens is 410 g/mol. The maximum Gasteiger partial charge on any atom is 0.416 e. The summed E-state index contributed by atoms with van der Waals surface area (Å²) in [4.78, 5) is -0.277. The van der Waals surface area contributed by atoms with E-state index in [0.29, 0.717) is 16.8 Å². The quantitative estimate of drug-likeness (QED) is 0.635. The SMILES string of the molecule is O=S(=O)(c1ccc(C(F)(F)F)cc1)N1C2Cc3n[nH]cc3C1c1c(F)cccc12. The predicted octanol–water partition coefficient (Wildman–Crippen LogP) is 3.96. The molecule has 29 heavy (non-hydrogen) atoms. The third-order valence-electron chi connectivity index (χ3n) is 5.47. The Morgan fingerprint density at radius 2 is 1.79 bits per heavy atom. The molecule has 0 spiro atoms. The van der Waals surface area contributed by atoms with Crippen molar-refractivity contribution in [2.24, 2.45) is 0 Å². The van der Waals surface area contributed by atoms with Gasteiger partial charge in [-0.25, -0.2) is 12.8 Å². The van der Waals surface area contributed by atoms with Crippen molar-refractivity contribution >= 4 is 10.0 Å². The van der Waals surface area contributed by atoms with Crippen molar-refractivity contribution in [1.82, 2.24) is 14.5 Å². The number of sulfonamides is 1. The zero-order valence-electron chi connectivity index (χ0n) is 14.6. The average Bonchev–Trinajstić information content (AvgIpc) is 3.24. The fourth-order valence-electron chi connectivity index (χ4n) is 4.22. The van der Waals surface area contributed by atoms with Gasteiger partial charge < -0.3 is 0 Å². The van der Waals surface area contributed by atoms with E-state index in [0.717, 1.165) is 24.3 Å². The number of alkyl halides is 3. The fourth-order valence-corrected chi connectivity index (χ4v) is 5.97. The average molecular weight is 423 g/mol. The van der Waals surface area contributed by atoms with Crippen LogP contribution in [0.5, 0.6) is 0 Å². The van der Waals surface area contributed by atoms with E-state index in [-0.39, 0.29) is 16.9 Å². The summed E-state index contributed by atoms with van der Waals surface area (Å²) in [6.07, 6.45) is -2.80. The smallest absolute Gasteiger partial charge is 0.285 e. The zero-order chi connectivity index (χ0) is 20.6. The zero-order valence-corrected chi connectivity index (χ0v) is 15.4. The monoisotopic (exact) mass is 423 g/mol. The number of hydrogen-bond donors (Lipinski definition) is 1. The van der Waals surface area contributed by atoms with Gasteiger partial charge in [0.2, 0.25) is 10.0 Å². The maximum absolute atomic E-state index is 14.7. The standard InChI is InChI=1S/C19H13F4N3O2S/c20-14-3-1-2-12-16-8-15-13(9-24-25-15)18(17(12)14)26(16)29(27,28)11-6-4-10(5-7-11)19(21,22)23/h1-7,9,16,18H,8H2,(H,24,25). The third kappa shape index (κ3) is 2.55. The summed E-state index contributed by atoms with van der Waals surface area (Å²) in [6, 6.07) is 6.18. The number of benzene rings is 2. The van der Waals surface area contributed by atoms with Crippen LogP contribution in [0.4, 0.5) is 17.6 Å². The van der Waals surface area contributed by atoms with Gasteiger partial charge in [-0.15, -0.1) is 0 Å². The molecule has 1 N–H and O–H groups in total. The number of nitrogens with one attached hydrogen (secondary N) is 1. The van der Waals surface area contributed by atoms with Crippen LogP contribution < -0.4 is 0 Å². The van der Waals surface area contributed by atoms with Crippen molar-refractivity contribution in [3.05, 3.63) is 82.4 Å². The minimum Gasteiger partial charge on any atom is -0.285 e. The molecule has 2 aromatic carbocycles. The summed E-state index contributed by atoms with van der Waals surface area (Å²) in [7, 11) is -4.21. The summed E-state index contributed by atoms with van der Waals surface area (Å²) >= 11 is 0. The van der Waals surface area contributed by atoms with E-state index < -0.39 is 39.7 Å². The molecular formula is C19H13F4N3O2S. The molecule has 0 saturated heterocycles. The molecule has 1 aromatic heterocycles. The van der Waals surface area contributed by atoms with Gasteiger partial charge in [0, 0.05) is 23.7 Å². The number of H-pyrrole nitrogens is 1. The maximum atomic E-state index is 14.7. The predicted molar refractivity (Wildman–Crippen MR) is 93.7 cm³/mol. The summed E-state index contributed by atoms with van der Waals surface area (Å²) in [5.41, 5.74) is 1.05. The van der Waals surface area contributed by atoms with Crippen molar-refractivity contribution in [2.45, 2.75) is 29.6 Å². The number of hydrogen-bond acceptors (Lipinski definition) is 3. The minimum absolute atomic E-state index is 0.242. The first-order valence-electron chi connectivity index (χ1n) is 8.71. The summed E-state index contributed by atoms with van der Waals surface area (Å²) < 4.78 is 81.2. The first-order chi connectivity index (χ1) is 13.7. The lowest BCUT2D eigenvalue weighted by molar-refractivity contribution is -0.137. The van der Waals surface area contributed by atoms with E-state index in [1.54, 1.807) is 6.07 Å². The molecule has 5 rings (SSSR count). The summed E-state index contributed by atoms with van der Waals surface area (Å²) in [6.45, 7) is 0. The van der Waals surface area contributed by atoms with Gasteiger partial charge in [0.15, 0.2) is 0 Å². The van der Waals surface area contributed by atoms with E-state index in [4.69, 9.17) is 0 Å². The summed E-state index contributed by atoms with van der Waals surface area (Å²) in [5.74, 6) is -0.531. The van der Waals surface area contributed by atoms with E-state index in [1.807, 2.05) is 0 Å². The van der Waals surface area contributed by atoms with E-state index >= 15 is 0 Å². The van der Waals surface area contributed by atoms with E-state index in [9.17, 15) is 26.0 Å². The van der Waals surface area contributed by atoms with Gasteiger partial charge in [0.25, 0.3) is 0 Å². The van der Waals surface area contributed by atoms with Crippen molar-refractivity contribution < 1.29 is 26.0 Å². The van der Waals surface area contributed by atoms with Crippen LogP contribution in [0.25, 0.3) is 0 Å². The Balaban J connectivity index is 1.66. The lowest BCUT2D eigenvalue weighted by Crippen LogP contribution is -2.37. The second-order valence-corrected chi connectivity index (χ2v) is 8.85. The Labute approximate surface area is 163 Å². The molecule has 150 valence electrons. The molecule has 3 aromatic rings. The van der Waals surface area contributed by atoms with Crippen LogP contribution in [0, 0.1) is 5.82 Å². The Hall–Kier alpha value is -2.72. The van der Waals surface area contributed by atoms with Crippen LogP contribution >= 0.6 is 0 Å². The number of rotatable bonds is 2. The molecule has 0 saturated carbocycles. The van der Waals surface area contributed by atoms with Gasteiger partial charge in [-0.3, -0.25) is 5.10 Å². The number of aromatic amines is 1. The highest BCUT2D eigenvalue weighted by Gasteiger charge is 2.52. The Bertz CT molecular complexity index is 1220. The third-order valence-corrected chi connectivity index (χ3v) is 7.36. The molecule has 2 aliphatic rings. The van der Waals surface area contributed by atoms with Crippen molar-refractivity contribution in [3.8, 4) is 0 Å². The minimum atomic E-state index is -4.57. The van der Waals surface area contributed by atoms with Gasteiger partial charge in [0.1, 0.15) is 5.82 Å². The molecule has 3 heterocycles. The topological polar surface area (TPSA) is 66.1 Å². The Morgan fingerprint density at radius 1 is 1.07 bits per heavy atom. The number of nitrogens with zero attached hydrogens (tertiary/aromatic N) is 2. The number of halogens is 4. The van der Waals surface area contributed by atoms with Crippen molar-refractivity contribution in [2.75, 3.05) is 0 Å². The van der Waals surface area contributed by atoms with Crippen molar-refractivity contribution in [3.63, 3.8) is 0 Å². The lowest BCUT2D eigenvalue weighted by Gasteiger charge is -2.33. The van der Waals surface area contributed by atoms with Crippen molar-refractivity contribution in [1.29, 1.82) is 0 Å². The molecule has 0 radical (unpaired) electrons.